The van der Waals surface area contributed by atoms with E-state index < -0.39 is 0 Å². The minimum Gasteiger partial charge on any atom is -0.505 e. The Balaban J connectivity index is 2.42. The summed E-state index contributed by atoms with van der Waals surface area (Å²) in [5, 5.41) is 10.4. The summed E-state index contributed by atoms with van der Waals surface area (Å²) in [4.78, 5) is 13.1. The maximum atomic E-state index is 11.6. The van der Waals surface area contributed by atoms with Crippen molar-refractivity contribution in [3.8, 4) is 5.75 Å². The molecule has 1 saturated heterocycles. The molecule has 0 aliphatic carbocycles. The van der Waals surface area contributed by atoms with E-state index in [0.29, 0.717) is 29.4 Å². The highest BCUT2D eigenvalue weighted by Crippen LogP contribution is 2.34. The summed E-state index contributed by atoms with van der Waals surface area (Å²) in [5.41, 5.74) is 1.11. The predicted octanol–water partition coefficient (Wildman–Crippen LogP) is 1.72. The molecule has 0 radical (unpaired) electrons. The number of hydrogen-bond donors (Lipinski definition) is 1. The van der Waals surface area contributed by atoms with Crippen LogP contribution < -0.4 is 4.90 Å². The van der Waals surface area contributed by atoms with Gasteiger partial charge in [-0.15, -0.1) is 0 Å². The smallest absolute Gasteiger partial charge is 0.253 e. The van der Waals surface area contributed by atoms with Gasteiger partial charge >= 0.3 is 0 Å². The number of hydrogen-bond acceptors (Lipinski definition) is 3. The molecule has 0 aromatic heterocycles. The van der Waals surface area contributed by atoms with Crippen LogP contribution in [-0.4, -0.2) is 30.8 Å². The molecule has 1 aromatic rings. The van der Waals surface area contributed by atoms with Crippen molar-refractivity contribution in [1.82, 2.24) is 0 Å². The molecule has 5 heteroatoms. The molecule has 0 bridgehead atoms. The van der Waals surface area contributed by atoms with Gasteiger partial charge in [0.2, 0.25) is 0 Å². The van der Waals surface area contributed by atoms with Crippen LogP contribution in [-0.2, 0) is 9.53 Å². The topological polar surface area (TPSA) is 49.8 Å². The van der Waals surface area contributed by atoms with Crippen molar-refractivity contribution < 1.29 is 14.6 Å². The van der Waals surface area contributed by atoms with Gasteiger partial charge in [0.25, 0.3) is 5.91 Å². The lowest BCUT2D eigenvalue weighted by Gasteiger charge is -2.28. The number of halogens is 1. The maximum Gasteiger partial charge on any atom is 0.253 e. The molecular formula is C11H12ClNO3. The Morgan fingerprint density at radius 1 is 1.50 bits per heavy atom. The number of amides is 1. The first-order chi connectivity index (χ1) is 7.59. The summed E-state index contributed by atoms with van der Waals surface area (Å²) in [6, 6.07) is 3.25. The second-order valence-electron chi connectivity index (χ2n) is 3.69. The number of benzene rings is 1. The zero-order valence-electron chi connectivity index (χ0n) is 8.86. The van der Waals surface area contributed by atoms with Crippen LogP contribution in [0.5, 0.6) is 5.75 Å². The molecule has 1 N–H and O–H groups in total. The first-order valence-electron chi connectivity index (χ1n) is 4.97. The second-order valence-corrected chi connectivity index (χ2v) is 4.12. The minimum absolute atomic E-state index is 0.0466. The molecule has 0 atom stereocenters. The molecule has 4 nitrogen and oxygen atoms in total. The molecule has 16 heavy (non-hydrogen) atoms. The summed E-state index contributed by atoms with van der Waals surface area (Å²) >= 11 is 5.91. The van der Waals surface area contributed by atoms with Crippen molar-refractivity contribution in [1.29, 1.82) is 0 Å². The quantitative estimate of drug-likeness (QED) is 0.815. The maximum absolute atomic E-state index is 11.6. The van der Waals surface area contributed by atoms with Gasteiger partial charge in [-0.25, -0.2) is 0 Å². The number of aromatic hydroxyl groups is 1. The number of rotatable bonds is 1. The van der Waals surface area contributed by atoms with Gasteiger partial charge in [0, 0.05) is 11.6 Å². The van der Waals surface area contributed by atoms with E-state index >= 15 is 0 Å². The van der Waals surface area contributed by atoms with Crippen LogP contribution in [0.4, 0.5) is 5.69 Å². The molecule has 0 saturated carbocycles. The van der Waals surface area contributed by atoms with Crippen LogP contribution >= 0.6 is 11.6 Å². The molecule has 86 valence electrons. The zero-order chi connectivity index (χ0) is 11.7. The van der Waals surface area contributed by atoms with E-state index in [2.05, 4.69) is 0 Å². The molecule has 1 aromatic carbocycles. The van der Waals surface area contributed by atoms with Gasteiger partial charge in [-0.05, 0) is 24.6 Å². The van der Waals surface area contributed by atoms with Crippen molar-refractivity contribution >= 4 is 23.2 Å². The van der Waals surface area contributed by atoms with E-state index in [9.17, 15) is 9.90 Å². The fourth-order valence-electron chi connectivity index (χ4n) is 1.70. The fraction of sp³-hybridized carbons (Fsp3) is 0.364. The minimum atomic E-state index is -0.164. The standard InChI is InChI=1S/C11H12ClNO3/c1-7-4-8(12)5-9(11(7)15)13-2-3-16-6-10(13)14/h4-5,15H,2-3,6H2,1H3. The van der Waals surface area contributed by atoms with E-state index in [1.54, 1.807) is 19.1 Å². The first-order valence-corrected chi connectivity index (χ1v) is 5.34. The molecular weight excluding hydrogens is 230 g/mol. The molecule has 1 amide bonds. The van der Waals surface area contributed by atoms with E-state index in [1.807, 2.05) is 0 Å². The molecule has 1 heterocycles. The Morgan fingerprint density at radius 3 is 2.94 bits per heavy atom. The molecule has 1 aliphatic rings. The highest BCUT2D eigenvalue weighted by molar-refractivity contribution is 6.31. The molecule has 0 unspecified atom stereocenters. The number of morpholine rings is 1. The highest BCUT2D eigenvalue weighted by Gasteiger charge is 2.23. The normalized spacial score (nSPS) is 16.6. The Labute approximate surface area is 98.4 Å². The molecule has 0 spiro atoms. The largest absolute Gasteiger partial charge is 0.505 e. The predicted molar refractivity (Wildman–Crippen MR) is 61.0 cm³/mol. The Morgan fingerprint density at radius 2 is 2.25 bits per heavy atom. The van der Waals surface area contributed by atoms with Crippen LogP contribution in [0.3, 0.4) is 0 Å². The Kier molecular flexibility index (Phi) is 3.03. The third-order valence-corrected chi connectivity index (χ3v) is 2.74. The average Bonchev–Trinajstić information content (AvgIpc) is 2.24. The first kappa shape index (κ1) is 11.2. The Bertz CT molecular complexity index is 433. The zero-order valence-corrected chi connectivity index (χ0v) is 9.62. The van der Waals surface area contributed by atoms with Gasteiger partial charge in [0.15, 0.2) is 0 Å². The molecule has 2 rings (SSSR count). The lowest BCUT2D eigenvalue weighted by atomic mass is 10.1. The van der Waals surface area contributed by atoms with Crippen LogP contribution in [0.25, 0.3) is 0 Å². The van der Waals surface area contributed by atoms with Gasteiger partial charge in [-0.3, -0.25) is 4.79 Å². The van der Waals surface area contributed by atoms with Crippen LogP contribution in [0.15, 0.2) is 12.1 Å². The van der Waals surface area contributed by atoms with Crippen molar-refractivity contribution in [2.45, 2.75) is 6.92 Å². The van der Waals surface area contributed by atoms with E-state index in [0.717, 1.165) is 0 Å². The van der Waals surface area contributed by atoms with Gasteiger partial charge in [0.05, 0.1) is 12.3 Å². The fourth-order valence-corrected chi connectivity index (χ4v) is 1.96. The van der Waals surface area contributed by atoms with Gasteiger partial charge in [-0.2, -0.15) is 0 Å². The number of carbonyl (C=O) groups excluding carboxylic acids is 1. The third kappa shape index (κ3) is 1.99. The number of phenolic OH excluding ortho intramolecular Hbond substituents is 1. The van der Waals surface area contributed by atoms with Crippen molar-refractivity contribution in [2.24, 2.45) is 0 Å². The molecule has 1 aliphatic heterocycles. The van der Waals surface area contributed by atoms with Crippen molar-refractivity contribution in [2.75, 3.05) is 24.7 Å². The van der Waals surface area contributed by atoms with Crippen LogP contribution in [0, 0.1) is 6.92 Å². The number of nitrogens with zero attached hydrogens (tertiary/aromatic N) is 1. The summed E-state index contributed by atoms with van der Waals surface area (Å²) < 4.78 is 5.03. The SMILES string of the molecule is Cc1cc(Cl)cc(N2CCOCC2=O)c1O. The highest BCUT2D eigenvalue weighted by atomic mass is 35.5. The van der Waals surface area contributed by atoms with Crippen LogP contribution in [0.1, 0.15) is 5.56 Å². The van der Waals surface area contributed by atoms with Gasteiger partial charge in [-0.1, -0.05) is 11.6 Å². The summed E-state index contributed by atoms with van der Waals surface area (Å²) in [7, 11) is 0. The number of ether oxygens (including phenoxy) is 1. The number of phenols is 1. The average molecular weight is 242 g/mol. The summed E-state index contributed by atoms with van der Waals surface area (Å²) in [6.07, 6.45) is 0. The van der Waals surface area contributed by atoms with E-state index in [-0.39, 0.29) is 18.3 Å². The van der Waals surface area contributed by atoms with Crippen molar-refractivity contribution in [3.05, 3.63) is 22.7 Å². The Hall–Kier alpha value is -1.26. The number of aryl methyl sites for hydroxylation is 1. The monoisotopic (exact) mass is 241 g/mol. The van der Waals surface area contributed by atoms with E-state index in [1.165, 1.54) is 4.90 Å². The summed E-state index contributed by atoms with van der Waals surface area (Å²) in [5.74, 6) is -0.0668. The second kappa shape index (κ2) is 4.31. The third-order valence-electron chi connectivity index (χ3n) is 2.52. The molecule has 1 fully saturated rings. The lowest BCUT2D eigenvalue weighted by Crippen LogP contribution is -2.41. The lowest BCUT2D eigenvalue weighted by molar-refractivity contribution is -0.125. The van der Waals surface area contributed by atoms with Crippen LogP contribution in [0.2, 0.25) is 5.02 Å². The van der Waals surface area contributed by atoms with E-state index in [4.69, 9.17) is 16.3 Å². The van der Waals surface area contributed by atoms with Gasteiger partial charge in [0.1, 0.15) is 12.4 Å². The summed E-state index contributed by atoms with van der Waals surface area (Å²) in [6.45, 7) is 2.70. The van der Waals surface area contributed by atoms with Gasteiger partial charge < -0.3 is 14.7 Å². The van der Waals surface area contributed by atoms with Crippen molar-refractivity contribution in [3.63, 3.8) is 0 Å². The number of anilines is 1. The number of carbonyl (C=O) groups is 1.